The molecule has 1 aliphatic heterocycles. The molecule has 122 valence electrons. The standard InChI is InChI=1S/C16H23FN2O3/c1-11-8-19(9-12(2)22-11)15-5-4-13(6-14(15)17)7-18-16(20)10-21-3/h4-6,11-12H,7-10H2,1-3H3,(H,18,20)/t11-,12-/m0/s1. The van der Waals surface area contributed by atoms with E-state index in [-0.39, 0.29) is 37.1 Å². The fraction of sp³-hybridized carbons (Fsp3) is 0.562. The topological polar surface area (TPSA) is 50.8 Å². The van der Waals surface area contributed by atoms with Crippen molar-refractivity contribution in [2.24, 2.45) is 0 Å². The van der Waals surface area contributed by atoms with E-state index in [9.17, 15) is 9.18 Å². The highest BCUT2D eigenvalue weighted by Crippen LogP contribution is 2.24. The number of amides is 1. The van der Waals surface area contributed by atoms with Crippen LogP contribution in [0.1, 0.15) is 19.4 Å². The molecule has 0 aliphatic carbocycles. The van der Waals surface area contributed by atoms with Gasteiger partial charge in [0.05, 0.1) is 17.9 Å². The van der Waals surface area contributed by atoms with Gasteiger partial charge in [-0.3, -0.25) is 4.79 Å². The number of carbonyl (C=O) groups is 1. The molecule has 0 bridgehead atoms. The fourth-order valence-electron chi connectivity index (χ4n) is 2.67. The summed E-state index contributed by atoms with van der Waals surface area (Å²) >= 11 is 0. The minimum Gasteiger partial charge on any atom is -0.375 e. The maximum Gasteiger partial charge on any atom is 0.246 e. The predicted octanol–water partition coefficient (Wildman–Crippen LogP) is 1.70. The molecule has 1 aromatic carbocycles. The molecule has 1 amide bonds. The van der Waals surface area contributed by atoms with Crippen molar-refractivity contribution in [3.8, 4) is 0 Å². The number of hydrogen-bond acceptors (Lipinski definition) is 4. The van der Waals surface area contributed by atoms with Crippen molar-refractivity contribution in [3.05, 3.63) is 29.6 Å². The van der Waals surface area contributed by atoms with E-state index in [0.717, 1.165) is 5.56 Å². The second kappa shape index (κ2) is 7.56. The molecule has 0 unspecified atom stereocenters. The first-order valence-electron chi connectivity index (χ1n) is 7.44. The summed E-state index contributed by atoms with van der Waals surface area (Å²) in [5.41, 5.74) is 1.30. The van der Waals surface area contributed by atoms with E-state index in [4.69, 9.17) is 9.47 Å². The number of benzene rings is 1. The van der Waals surface area contributed by atoms with Crippen LogP contribution in [0.4, 0.5) is 10.1 Å². The van der Waals surface area contributed by atoms with Gasteiger partial charge in [0.1, 0.15) is 12.4 Å². The molecular weight excluding hydrogens is 287 g/mol. The molecule has 1 N–H and O–H groups in total. The normalized spacial score (nSPS) is 21.7. The number of morpholine rings is 1. The van der Waals surface area contributed by atoms with Crippen LogP contribution in [0.25, 0.3) is 0 Å². The van der Waals surface area contributed by atoms with Gasteiger partial charge in [-0.05, 0) is 31.5 Å². The summed E-state index contributed by atoms with van der Waals surface area (Å²) in [6.45, 7) is 5.61. The van der Waals surface area contributed by atoms with Crippen LogP contribution in [0.3, 0.4) is 0 Å². The predicted molar refractivity (Wildman–Crippen MR) is 82.3 cm³/mol. The number of hydrogen-bond donors (Lipinski definition) is 1. The van der Waals surface area contributed by atoms with Gasteiger partial charge in [-0.2, -0.15) is 0 Å². The lowest BCUT2D eigenvalue weighted by Crippen LogP contribution is -2.45. The van der Waals surface area contributed by atoms with Crippen molar-refractivity contribution >= 4 is 11.6 Å². The second-order valence-corrected chi connectivity index (χ2v) is 5.66. The number of anilines is 1. The van der Waals surface area contributed by atoms with Crippen LogP contribution >= 0.6 is 0 Å². The summed E-state index contributed by atoms with van der Waals surface area (Å²) in [7, 11) is 1.46. The Hall–Kier alpha value is -1.66. The molecule has 0 radical (unpaired) electrons. The first-order valence-corrected chi connectivity index (χ1v) is 7.44. The first kappa shape index (κ1) is 16.7. The van der Waals surface area contributed by atoms with Crippen LogP contribution in [0.15, 0.2) is 18.2 Å². The molecule has 0 saturated carbocycles. The second-order valence-electron chi connectivity index (χ2n) is 5.66. The average Bonchev–Trinajstić information content (AvgIpc) is 2.44. The Morgan fingerprint density at radius 3 is 2.68 bits per heavy atom. The Bertz CT molecular complexity index is 514. The lowest BCUT2D eigenvalue weighted by Gasteiger charge is -2.37. The van der Waals surface area contributed by atoms with E-state index in [2.05, 4.69) is 5.32 Å². The third kappa shape index (κ3) is 4.42. The highest BCUT2D eigenvalue weighted by Gasteiger charge is 2.24. The number of ether oxygens (including phenoxy) is 2. The van der Waals surface area contributed by atoms with Gasteiger partial charge >= 0.3 is 0 Å². The molecule has 22 heavy (non-hydrogen) atoms. The average molecular weight is 310 g/mol. The maximum atomic E-state index is 14.3. The van der Waals surface area contributed by atoms with E-state index in [0.29, 0.717) is 18.8 Å². The highest BCUT2D eigenvalue weighted by atomic mass is 19.1. The maximum absolute atomic E-state index is 14.3. The van der Waals surface area contributed by atoms with Crippen molar-refractivity contribution in [2.75, 3.05) is 31.7 Å². The molecular formula is C16H23FN2O3. The van der Waals surface area contributed by atoms with Crippen molar-refractivity contribution in [3.63, 3.8) is 0 Å². The van der Waals surface area contributed by atoms with Crippen LogP contribution in [0.5, 0.6) is 0 Å². The van der Waals surface area contributed by atoms with E-state index >= 15 is 0 Å². The molecule has 2 rings (SSSR count). The number of nitrogens with one attached hydrogen (secondary N) is 1. The van der Waals surface area contributed by atoms with Gasteiger partial charge in [0, 0.05) is 26.7 Å². The SMILES string of the molecule is COCC(=O)NCc1ccc(N2C[C@H](C)O[C@@H](C)C2)c(F)c1. The third-order valence-corrected chi connectivity index (χ3v) is 3.54. The van der Waals surface area contributed by atoms with Crippen LogP contribution in [0.2, 0.25) is 0 Å². The minimum absolute atomic E-state index is 0.00409. The van der Waals surface area contributed by atoms with Crippen molar-refractivity contribution in [1.82, 2.24) is 5.32 Å². The van der Waals surface area contributed by atoms with E-state index < -0.39 is 0 Å². The van der Waals surface area contributed by atoms with Crippen LogP contribution in [-0.4, -0.2) is 44.9 Å². The lowest BCUT2D eigenvalue weighted by atomic mass is 10.1. The van der Waals surface area contributed by atoms with Gasteiger partial charge < -0.3 is 19.7 Å². The molecule has 1 fully saturated rings. The molecule has 0 spiro atoms. The summed E-state index contributed by atoms with van der Waals surface area (Å²) < 4.78 is 24.7. The van der Waals surface area contributed by atoms with Gasteiger partial charge in [0.2, 0.25) is 5.91 Å². The summed E-state index contributed by atoms with van der Waals surface area (Å²) in [5, 5.41) is 2.68. The van der Waals surface area contributed by atoms with Crippen molar-refractivity contribution < 1.29 is 18.7 Å². The zero-order chi connectivity index (χ0) is 16.1. The largest absolute Gasteiger partial charge is 0.375 e. The number of rotatable bonds is 5. The Kier molecular flexibility index (Phi) is 5.74. The Balaban J connectivity index is 2.01. The van der Waals surface area contributed by atoms with Crippen molar-refractivity contribution in [2.45, 2.75) is 32.6 Å². The molecule has 2 atom stereocenters. The smallest absolute Gasteiger partial charge is 0.246 e. The first-order chi connectivity index (χ1) is 10.5. The summed E-state index contributed by atoms with van der Waals surface area (Å²) in [6, 6.07) is 5.06. The van der Waals surface area contributed by atoms with Gasteiger partial charge in [-0.1, -0.05) is 6.07 Å². The quantitative estimate of drug-likeness (QED) is 0.899. The Labute approximate surface area is 130 Å². The van der Waals surface area contributed by atoms with Gasteiger partial charge in [-0.15, -0.1) is 0 Å². The summed E-state index contributed by atoms with van der Waals surface area (Å²) in [6.07, 6.45) is 0.160. The molecule has 0 aromatic heterocycles. The Morgan fingerprint density at radius 2 is 2.09 bits per heavy atom. The van der Waals surface area contributed by atoms with E-state index in [1.54, 1.807) is 6.07 Å². The van der Waals surface area contributed by atoms with Crippen molar-refractivity contribution in [1.29, 1.82) is 0 Å². The molecule has 6 heteroatoms. The Morgan fingerprint density at radius 1 is 1.41 bits per heavy atom. The zero-order valence-corrected chi connectivity index (χ0v) is 13.3. The van der Waals surface area contributed by atoms with Gasteiger partial charge in [0.25, 0.3) is 0 Å². The summed E-state index contributed by atoms with van der Waals surface area (Å²) in [4.78, 5) is 13.3. The minimum atomic E-state index is -0.278. The van der Waals surface area contributed by atoms with Gasteiger partial charge in [-0.25, -0.2) is 4.39 Å². The van der Waals surface area contributed by atoms with E-state index in [1.807, 2.05) is 24.8 Å². The monoisotopic (exact) mass is 310 g/mol. The third-order valence-electron chi connectivity index (χ3n) is 3.54. The number of methoxy groups -OCH3 is 1. The fourth-order valence-corrected chi connectivity index (χ4v) is 2.67. The highest BCUT2D eigenvalue weighted by molar-refractivity contribution is 5.77. The van der Waals surface area contributed by atoms with Gasteiger partial charge in [0.15, 0.2) is 0 Å². The van der Waals surface area contributed by atoms with Crippen LogP contribution < -0.4 is 10.2 Å². The zero-order valence-electron chi connectivity index (χ0n) is 13.3. The van der Waals surface area contributed by atoms with Crippen LogP contribution in [-0.2, 0) is 20.8 Å². The molecule has 1 saturated heterocycles. The summed E-state index contributed by atoms with van der Waals surface area (Å²) in [5.74, 6) is -0.498. The number of halogens is 1. The van der Waals surface area contributed by atoms with Crippen LogP contribution in [0, 0.1) is 5.82 Å². The molecule has 1 aliphatic rings. The molecule has 1 heterocycles. The molecule has 1 aromatic rings. The number of nitrogens with zero attached hydrogens (tertiary/aromatic N) is 1. The van der Waals surface area contributed by atoms with E-state index in [1.165, 1.54) is 13.2 Å². The molecule has 5 nitrogen and oxygen atoms in total. The number of carbonyl (C=O) groups excluding carboxylic acids is 1. The lowest BCUT2D eigenvalue weighted by molar-refractivity contribution is -0.124.